The molecule has 126 valence electrons. The zero-order valence-electron chi connectivity index (χ0n) is 13.6. The molecule has 24 heavy (non-hydrogen) atoms. The van der Waals surface area contributed by atoms with Gasteiger partial charge in [0.2, 0.25) is 11.8 Å². The maximum absolute atomic E-state index is 12.3. The number of aryl methyl sites for hydroxylation is 1. The normalized spacial score (nSPS) is 17.3. The molecule has 2 aromatic heterocycles. The van der Waals surface area contributed by atoms with Gasteiger partial charge < -0.3 is 14.8 Å². The Balaban J connectivity index is 1.54. The minimum absolute atomic E-state index is 0.0162. The molecule has 2 amide bonds. The summed E-state index contributed by atoms with van der Waals surface area (Å²) in [5.74, 6) is 0.231. The molecule has 0 unspecified atom stereocenters. The molecule has 3 rings (SSSR count). The second-order valence-electron chi connectivity index (χ2n) is 5.75. The second-order valence-corrected chi connectivity index (χ2v) is 5.75. The van der Waals surface area contributed by atoms with E-state index in [1.54, 1.807) is 17.4 Å². The number of carbonyl (C=O) groups excluding carboxylic acids is 2. The Morgan fingerprint density at radius 1 is 1.42 bits per heavy atom. The van der Waals surface area contributed by atoms with Crippen molar-refractivity contribution in [1.29, 1.82) is 0 Å². The predicted octanol–water partition coefficient (Wildman–Crippen LogP) is 0.358. The summed E-state index contributed by atoms with van der Waals surface area (Å²) in [4.78, 5) is 30.3. The lowest BCUT2D eigenvalue weighted by atomic mass is 10.1. The summed E-state index contributed by atoms with van der Waals surface area (Å²) in [5.41, 5.74) is 0.822. The molecule has 0 bridgehead atoms. The average Bonchev–Trinajstić information content (AvgIpc) is 3.20. The Labute approximate surface area is 139 Å². The molecule has 8 heteroatoms. The summed E-state index contributed by atoms with van der Waals surface area (Å²) in [5, 5.41) is 10.7. The first-order valence-corrected chi connectivity index (χ1v) is 7.99. The van der Waals surface area contributed by atoms with E-state index in [1.165, 1.54) is 0 Å². The van der Waals surface area contributed by atoms with E-state index in [2.05, 4.69) is 20.5 Å². The maximum Gasteiger partial charge on any atom is 0.225 e. The number of amides is 2. The van der Waals surface area contributed by atoms with Gasteiger partial charge in [0.1, 0.15) is 6.33 Å². The third-order valence-electron chi connectivity index (χ3n) is 4.12. The van der Waals surface area contributed by atoms with Crippen molar-refractivity contribution in [2.75, 3.05) is 6.54 Å². The van der Waals surface area contributed by atoms with Gasteiger partial charge in [-0.15, -0.1) is 10.2 Å². The molecule has 0 aliphatic carbocycles. The number of rotatable bonds is 6. The molecule has 1 aliphatic heterocycles. The standard InChI is InChI=1S/C16H20N6O2/c1-2-21-11-19-20-14(21)8-18-16(24)12-7-15(23)22(9-12)10-13-5-3-4-6-17-13/h3-6,11-12H,2,7-10H2,1H3,(H,18,24)/t12-/m1/s1. The topological polar surface area (TPSA) is 93.0 Å². The molecule has 0 spiro atoms. The van der Waals surface area contributed by atoms with Crippen LogP contribution in [-0.4, -0.2) is 43.0 Å². The van der Waals surface area contributed by atoms with Crippen LogP contribution in [0.25, 0.3) is 0 Å². The third-order valence-corrected chi connectivity index (χ3v) is 4.12. The number of nitrogens with zero attached hydrogens (tertiary/aromatic N) is 5. The van der Waals surface area contributed by atoms with E-state index in [4.69, 9.17) is 0 Å². The zero-order chi connectivity index (χ0) is 16.9. The molecular weight excluding hydrogens is 308 g/mol. The van der Waals surface area contributed by atoms with Gasteiger partial charge in [0, 0.05) is 25.7 Å². The van der Waals surface area contributed by atoms with E-state index >= 15 is 0 Å². The van der Waals surface area contributed by atoms with Crippen molar-refractivity contribution in [1.82, 2.24) is 30.0 Å². The molecule has 1 N–H and O–H groups in total. The molecule has 1 atom stereocenters. The lowest BCUT2D eigenvalue weighted by molar-refractivity contribution is -0.129. The van der Waals surface area contributed by atoms with Crippen LogP contribution in [0.3, 0.4) is 0 Å². The summed E-state index contributed by atoms with van der Waals surface area (Å²) in [7, 11) is 0. The fourth-order valence-corrected chi connectivity index (χ4v) is 2.78. The van der Waals surface area contributed by atoms with Crippen molar-refractivity contribution in [3.05, 3.63) is 42.2 Å². The summed E-state index contributed by atoms with van der Waals surface area (Å²) in [6.45, 7) is 3.91. The van der Waals surface area contributed by atoms with Crippen LogP contribution >= 0.6 is 0 Å². The smallest absolute Gasteiger partial charge is 0.225 e. The molecule has 0 aromatic carbocycles. The van der Waals surface area contributed by atoms with Crippen molar-refractivity contribution in [2.45, 2.75) is 33.0 Å². The van der Waals surface area contributed by atoms with Crippen LogP contribution in [-0.2, 0) is 29.2 Å². The van der Waals surface area contributed by atoms with Gasteiger partial charge >= 0.3 is 0 Å². The number of hydrogen-bond acceptors (Lipinski definition) is 5. The van der Waals surface area contributed by atoms with Gasteiger partial charge in [-0.05, 0) is 19.1 Å². The molecule has 3 heterocycles. The third kappa shape index (κ3) is 3.58. The molecule has 8 nitrogen and oxygen atoms in total. The first-order valence-electron chi connectivity index (χ1n) is 7.99. The first-order chi connectivity index (χ1) is 11.7. The monoisotopic (exact) mass is 328 g/mol. The Bertz CT molecular complexity index is 714. The van der Waals surface area contributed by atoms with E-state index in [-0.39, 0.29) is 24.2 Å². The van der Waals surface area contributed by atoms with Crippen molar-refractivity contribution in [3.8, 4) is 0 Å². The molecular formula is C16H20N6O2. The van der Waals surface area contributed by atoms with Crippen molar-refractivity contribution >= 4 is 11.8 Å². The van der Waals surface area contributed by atoms with E-state index in [9.17, 15) is 9.59 Å². The lowest BCUT2D eigenvalue weighted by Crippen LogP contribution is -2.33. The Kier molecular flexibility index (Phi) is 4.83. The minimum atomic E-state index is -0.334. The van der Waals surface area contributed by atoms with Crippen molar-refractivity contribution < 1.29 is 9.59 Å². The molecule has 1 saturated heterocycles. The Morgan fingerprint density at radius 2 is 2.29 bits per heavy atom. The Morgan fingerprint density at radius 3 is 3.04 bits per heavy atom. The van der Waals surface area contributed by atoms with E-state index in [0.717, 1.165) is 12.2 Å². The minimum Gasteiger partial charge on any atom is -0.348 e. The highest BCUT2D eigenvalue weighted by Crippen LogP contribution is 2.20. The summed E-state index contributed by atoms with van der Waals surface area (Å²) in [6.07, 6.45) is 3.57. The number of likely N-dealkylation sites (tertiary alicyclic amines) is 1. The fourth-order valence-electron chi connectivity index (χ4n) is 2.78. The molecule has 0 saturated carbocycles. The second kappa shape index (κ2) is 7.20. The number of carbonyl (C=O) groups is 2. The van der Waals surface area contributed by atoms with E-state index in [0.29, 0.717) is 25.5 Å². The SMILES string of the molecule is CCn1cnnc1CNC(=O)[C@@H]1CC(=O)N(Cc2ccccn2)C1. The number of pyridine rings is 1. The van der Waals surface area contributed by atoms with Gasteiger partial charge in [0.05, 0.1) is 24.7 Å². The number of nitrogens with one attached hydrogen (secondary N) is 1. The number of hydrogen-bond donors (Lipinski definition) is 1. The van der Waals surface area contributed by atoms with Crippen LogP contribution in [0.5, 0.6) is 0 Å². The van der Waals surface area contributed by atoms with Gasteiger partial charge in [0.15, 0.2) is 5.82 Å². The largest absolute Gasteiger partial charge is 0.348 e. The molecule has 1 aliphatic rings. The summed E-state index contributed by atoms with van der Waals surface area (Å²) < 4.78 is 1.87. The van der Waals surface area contributed by atoms with Gasteiger partial charge in [-0.25, -0.2) is 0 Å². The highest BCUT2D eigenvalue weighted by molar-refractivity contribution is 5.89. The fraction of sp³-hybridized carbons (Fsp3) is 0.438. The maximum atomic E-state index is 12.3. The van der Waals surface area contributed by atoms with Gasteiger partial charge in [-0.3, -0.25) is 14.6 Å². The molecule has 1 fully saturated rings. The van der Waals surface area contributed by atoms with Crippen molar-refractivity contribution in [2.24, 2.45) is 5.92 Å². The van der Waals surface area contributed by atoms with Crippen LogP contribution in [0.4, 0.5) is 0 Å². The van der Waals surface area contributed by atoms with Gasteiger partial charge in [-0.1, -0.05) is 6.07 Å². The van der Waals surface area contributed by atoms with E-state index < -0.39 is 0 Å². The van der Waals surface area contributed by atoms with Crippen LogP contribution in [0.2, 0.25) is 0 Å². The predicted molar refractivity (Wildman–Crippen MR) is 85.3 cm³/mol. The molecule has 0 radical (unpaired) electrons. The van der Waals surface area contributed by atoms with Gasteiger partial charge in [0.25, 0.3) is 0 Å². The quantitative estimate of drug-likeness (QED) is 0.826. The van der Waals surface area contributed by atoms with E-state index in [1.807, 2.05) is 29.7 Å². The number of aromatic nitrogens is 4. The summed E-state index contributed by atoms with van der Waals surface area (Å²) in [6, 6.07) is 5.59. The highest BCUT2D eigenvalue weighted by atomic mass is 16.2. The van der Waals surface area contributed by atoms with Gasteiger partial charge in [-0.2, -0.15) is 0 Å². The highest BCUT2D eigenvalue weighted by Gasteiger charge is 2.34. The Hall–Kier alpha value is -2.77. The van der Waals surface area contributed by atoms with Crippen LogP contribution in [0.15, 0.2) is 30.7 Å². The summed E-state index contributed by atoms with van der Waals surface area (Å²) >= 11 is 0. The van der Waals surface area contributed by atoms with Crippen LogP contribution < -0.4 is 5.32 Å². The first kappa shape index (κ1) is 16.1. The zero-order valence-corrected chi connectivity index (χ0v) is 13.6. The lowest BCUT2D eigenvalue weighted by Gasteiger charge is -2.16. The van der Waals surface area contributed by atoms with Crippen LogP contribution in [0, 0.1) is 5.92 Å². The molecule has 2 aromatic rings. The average molecular weight is 328 g/mol. The van der Waals surface area contributed by atoms with Crippen molar-refractivity contribution in [3.63, 3.8) is 0 Å². The van der Waals surface area contributed by atoms with Crippen LogP contribution in [0.1, 0.15) is 24.9 Å².